The number of rotatable bonds is 5. The molecule has 0 amide bonds. The molecule has 2 nitrogen and oxygen atoms in total. The normalized spacial score (nSPS) is 16.2. The van der Waals surface area contributed by atoms with Crippen LogP contribution < -0.4 is 5.32 Å². The van der Waals surface area contributed by atoms with E-state index in [1.54, 1.807) is 0 Å². The number of benzene rings is 1. The molecule has 1 fully saturated rings. The van der Waals surface area contributed by atoms with Crippen molar-refractivity contribution >= 4 is 11.4 Å². The van der Waals surface area contributed by atoms with Crippen LogP contribution in [-0.2, 0) is 0 Å². The van der Waals surface area contributed by atoms with Crippen LogP contribution in [0.4, 0.5) is 5.69 Å². The van der Waals surface area contributed by atoms with Crippen molar-refractivity contribution in [2.45, 2.75) is 39.5 Å². The summed E-state index contributed by atoms with van der Waals surface area (Å²) < 4.78 is 0. The summed E-state index contributed by atoms with van der Waals surface area (Å²) in [5.74, 6) is 0.928. The van der Waals surface area contributed by atoms with E-state index >= 15 is 0 Å². The number of nitrogens with zero attached hydrogens (tertiary/aromatic N) is 1. The van der Waals surface area contributed by atoms with Gasteiger partial charge < -0.3 is 10.2 Å². The monoisotopic (exact) mass is 272 g/mol. The number of anilines is 1. The van der Waals surface area contributed by atoms with E-state index in [4.69, 9.17) is 0 Å². The molecule has 110 valence electrons. The van der Waals surface area contributed by atoms with Gasteiger partial charge in [0.05, 0.1) is 0 Å². The van der Waals surface area contributed by atoms with E-state index in [1.165, 1.54) is 48.2 Å². The molecule has 0 saturated carbocycles. The van der Waals surface area contributed by atoms with Crippen LogP contribution in [0.15, 0.2) is 24.8 Å². The molecule has 0 atom stereocenters. The van der Waals surface area contributed by atoms with Gasteiger partial charge in [0.25, 0.3) is 0 Å². The van der Waals surface area contributed by atoms with Crippen LogP contribution >= 0.6 is 0 Å². The van der Waals surface area contributed by atoms with E-state index in [9.17, 15) is 0 Å². The maximum absolute atomic E-state index is 4.32. The highest BCUT2D eigenvalue weighted by molar-refractivity contribution is 5.66. The molecule has 1 N–H and O–H groups in total. The Morgan fingerprint density at radius 3 is 2.60 bits per heavy atom. The first kappa shape index (κ1) is 15.0. The molecule has 1 aromatic rings. The number of hydrogen-bond donors (Lipinski definition) is 1. The molecular weight excluding hydrogens is 244 g/mol. The summed E-state index contributed by atoms with van der Waals surface area (Å²) in [5, 5.41) is 3.22. The van der Waals surface area contributed by atoms with Gasteiger partial charge in [-0.3, -0.25) is 0 Å². The van der Waals surface area contributed by atoms with Crippen molar-refractivity contribution in [1.82, 2.24) is 4.90 Å². The molecular formula is C18H28N2. The highest BCUT2D eigenvalue weighted by Crippen LogP contribution is 2.28. The molecule has 2 rings (SSSR count). The van der Waals surface area contributed by atoms with E-state index in [0.717, 1.165) is 19.0 Å². The Balaban J connectivity index is 2.00. The van der Waals surface area contributed by atoms with E-state index < -0.39 is 0 Å². The fourth-order valence-electron chi connectivity index (χ4n) is 3.21. The number of aryl methyl sites for hydroxylation is 1. The summed E-state index contributed by atoms with van der Waals surface area (Å²) in [7, 11) is 1.97. The van der Waals surface area contributed by atoms with Gasteiger partial charge in [-0.25, -0.2) is 0 Å². The van der Waals surface area contributed by atoms with E-state index in [0.29, 0.717) is 0 Å². The van der Waals surface area contributed by atoms with E-state index in [-0.39, 0.29) is 0 Å². The average molecular weight is 272 g/mol. The van der Waals surface area contributed by atoms with Crippen LogP contribution in [0.2, 0.25) is 0 Å². The number of likely N-dealkylation sites (tertiary alicyclic amines) is 1. The lowest BCUT2D eigenvalue weighted by Crippen LogP contribution is -2.32. The third-order valence-electron chi connectivity index (χ3n) is 4.52. The zero-order valence-corrected chi connectivity index (χ0v) is 13.2. The molecule has 1 heterocycles. The summed E-state index contributed by atoms with van der Waals surface area (Å²) in [6.07, 6.45) is 5.34. The molecule has 20 heavy (non-hydrogen) atoms. The van der Waals surface area contributed by atoms with Crippen molar-refractivity contribution in [3.05, 3.63) is 35.9 Å². The fraction of sp³-hybridized carbons (Fsp3) is 0.556. The van der Waals surface area contributed by atoms with Crippen LogP contribution in [0.5, 0.6) is 0 Å². The van der Waals surface area contributed by atoms with Crippen LogP contribution in [0.25, 0.3) is 5.70 Å². The van der Waals surface area contributed by atoms with Gasteiger partial charge in [0, 0.05) is 31.5 Å². The summed E-state index contributed by atoms with van der Waals surface area (Å²) in [6, 6.07) is 6.57. The predicted molar refractivity (Wildman–Crippen MR) is 89.0 cm³/mol. The standard InChI is InChI=1S/C18H28N2/c1-5-6-16-9-11-20(12-10-16)15(3)17-7-8-18(19-4)14(2)13-17/h7-8,13,16,19H,3,5-6,9-12H2,1-2,4H3. The van der Waals surface area contributed by atoms with E-state index in [1.807, 2.05) is 7.05 Å². The van der Waals surface area contributed by atoms with Gasteiger partial charge in [0.2, 0.25) is 0 Å². The van der Waals surface area contributed by atoms with Crippen molar-refractivity contribution in [2.75, 3.05) is 25.5 Å². The highest BCUT2D eigenvalue weighted by Gasteiger charge is 2.20. The number of nitrogens with one attached hydrogen (secondary N) is 1. The van der Waals surface area contributed by atoms with Gasteiger partial charge in [0.1, 0.15) is 0 Å². The summed E-state index contributed by atoms with van der Waals surface area (Å²) in [4.78, 5) is 2.46. The lowest BCUT2D eigenvalue weighted by molar-refractivity contribution is 0.245. The first-order valence-electron chi connectivity index (χ1n) is 7.88. The average Bonchev–Trinajstić information content (AvgIpc) is 2.47. The van der Waals surface area contributed by atoms with E-state index in [2.05, 4.69) is 48.8 Å². The van der Waals surface area contributed by atoms with Crippen LogP contribution in [0, 0.1) is 12.8 Å². The Morgan fingerprint density at radius 2 is 2.05 bits per heavy atom. The second kappa shape index (κ2) is 6.83. The Morgan fingerprint density at radius 1 is 1.35 bits per heavy atom. The molecule has 1 saturated heterocycles. The Hall–Kier alpha value is -1.44. The van der Waals surface area contributed by atoms with Crippen LogP contribution in [0.3, 0.4) is 0 Å². The topological polar surface area (TPSA) is 15.3 Å². The van der Waals surface area contributed by atoms with Crippen LogP contribution in [0.1, 0.15) is 43.7 Å². The Kier molecular flexibility index (Phi) is 5.11. The molecule has 0 bridgehead atoms. The quantitative estimate of drug-likeness (QED) is 0.848. The van der Waals surface area contributed by atoms with Gasteiger partial charge >= 0.3 is 0 Å². The molecule has 0 radical (unpaired) electrons. The summed E-state index contributed by atoms with van der Waals surface area (Å²) in [5.41, 5.74) is 4.93. The zero-order valence-electron chi connectivity index (χ0n) is 13.2. The third kappa shape index (κ3) is 3.36. The maximum atomic E-state index is 4.32. The SMILES string of the molecule is C=C(c1ccc(NC)c(C)c1)N1CCC(CCC)CC1. The minimum atomic E-state index is 0.928. The summed E-state index contributed by atoms with van der Waals surface area (Å²) >= 11 is 0. The number of hydrogen-bond acceptors (Lipinski definition) is 2. The molecule has 0 unspecified atom stereocenters. The van der Waals surface area contributed by atoms with Crippen LogP contribution in [-0.4, -0.2) is 25.0 Å². The van der Waals surface area contributed by atoms with Crippen molar-refractivity contribution in [3.63, 3.8) is 0 Å². The Labute approximate surface area is 123 Å². The van der Waals surface area contributed by atoms with Gasteiger partial charge in [0.15, 0.2) is 0 Å². The third-order valence-corrected chi connectivity index (χ3v) is 4.52. The van der Waals surface area contributed by atoms with Crippen molar-refractivity contribution in [3.8, 4) is 0 Å². The van der Waals surface area contributed by atoms with Crippen molar-refractivity contribution < 1.29 is 0 Å². The number of piperidine rings is 1. The first-order valence-corrected chi connectivity index (χ1v) is 7.88. The fourth-order valence-corrected chi connectivity index (χ4v) is 3.21. The van der Waals surface area contributed by atoms with Crippen molar-refractivity contribution in [1.29, 1.82) is 0 Å². The first-order chi connectivity index (χ1) is 9.65. The second-order valence-electron chi connectivity index (χ2n) is 5.95. The Bertz CT molecular complexity index is 456. The maximum Gasteiger partial charge on any atom is 0.0367 e. The molecule has 1 aliphatic rings. The predicted octanol–water partition coefficient (Wildman–Crippen LogP) is 4.52. The molecule has 2 heteroatoms. The molecule has 1 aromatic carbocycles. The highest BCUT2D eigenvalue weighted by atomic mass is 15.1. The largest absolute Gasteiger partial charge is 0.388 e. The molecule has 0 spiro atoms. The summed E-state index contributed by atoms with van der Waals surface area (Å²) in [6.45, 7) is 11.1. The smallest absolute Gasteiger partial charge is 0.0367 e. The lowest BCUT2D eigenvalue weighted by Gasteiger charge is -2.35. The van der Waals surface area contributed by atoms with Gasteiger partial charge in [-0.2, -0.15) is 0 Å². The molecule has 0 aromatic heterocycles. The molecule has 1 aliphatic heterocycles. The van der Waals surface area contributed by atoms with Gasteiger partial charge in [-0.05, 0) is 48.9 Å². The zero-order chi connectivity index (χ0) is 14.5. The minimum Gasteiger partial charge on any atom is -0.388 e. The lowest BCUT2D eigenvalue weighted by atomic mass is 9.92. The van der Waals surface area contributed by atoms with Gasteiger partial charge in [-0.15, -0.1) is 0 Å². The minimum absolute atomic E-state index is 0.928. The molecule has 0 aliphatic carbocycles. The van der Waals surface area contributed by atoms with Crippen molar-refractivity contribution in [2.24, 2.45) is 5.92 Å². The second-order valence-corrected chi connectivity index (χ2v) is 5.95. The van der Waals surface area contributed by atoms with Gasteiger partial charge in [-0.1, -0.05) is 32.4 Å².